The van der Waals surface area contributed by atoms with Crippen LogP contribution < -0.4 is 11.4 Å². The van der Waals surface area contributed by atoms with Crippen molar-refractivity contribution in [3.05, 3.63) is 22.7 Å². The third kappa shape index (κ3) is 6.22. The smallest absolute Gasteiger partial charge is 0.475 e. The number of aromatic nitrogens is 2. The van der Waals surface area contributed by atoms with Crippen LogP contribution in [-0.2, 0) is 27.9 Å². The van der Waals surface area contributed by atoms with E-state index in [0.29, 0.717) is 0 Å². The fourth-order valence-electron chi connectivity index (χ4n) is 4.10. The maximum Gasteiger partial charge on any atom is 0.475 e. The second-order valence-electron chi connectivity index (χ2n) is 8.96. The molecular weight excluding hydrogens is 541 g/mol. The minimum Gasteiger partial charge on any atom is -0.477 e. The highest BCUT2D eigenvalue weighted by Crippen LogP contribution is 2.52. The summed E-state index contributed by atoms with van der Waals surface area (Å²) in [6.07, 6.45) is -13.2. The number of nitrogens with zero attached hydrogens (tertiary/aromatic N) is 2. The van der Waals surface area contributed by atoms with Gasteiger partial charge in [0.2, 0.25) is 0 Å². The Labute approximate surface area is 214 Å². The van der Waals surface area contributed by atoms with Crippen molar-refractivity contribution in [1.82, 2.24) is 9.55 Å². The van der Waals surface area contributed by atoms with E-state index in [1.807, 2.05) is 0 Å². The molecular formula is C19H30N3O15P. The van der Waals surface area contributed by atoms with Gasteiger partial charge in [0.1, 0.15) is 36.3 Å². The number of aliphatic hydroxyl groups excluding tert-OH is 6. The Morgan fingerprint density at radius 3 is 2.58 bits per heavy atom. The van der Waals surface area contributed by atoms with Gasteiger partial charge in [-0.05, 0) is 6.07 Å². The highest BCUT2D eigenvalue weighted by Gasteiger charge is 2.57. The molecule has 4 unspecified atom stereocenters. The van der Waals surface area contributed by atoms with E-state index in [4.69, 9.17) is 29.4 Å². The molecule has 0 bridgehead atoms. The second kappa shape index (κ2) is 11.6. The zero-order chi connectivity index (χ0) is 28.6. The normalized spacial score (nSPS) is 36.9. The van der Waals surface area contributed by atoms with Crippen molar-refractivity contribution in [3.8, 4) is 0 Å². The zero-order valence-corrected chi connectivity index (χ0v) is 20.7. The molecule has 18 nitrogen and oxygen atoms in total. The summed E-state index contributed by atoms with van der Waals surface area (Å²) in [6, 6.07) is 1.22. The molecule has 1 aromatic rings. The van der Waals surface area contributed by atoms with E-state index in [1.165, 1.54) is 13.0 Å². The lowest BCUT2D eigenvalue weighted by atomic mass is 9.85. The van der Waals surface area contributed by atoms with Crippen molar-refractivity contribution in [2.24, 2.45) is 5.92 Å². The summed E-state index contributed by atoms with van der Waals surface area (Å²) in [7, 11) is -5.40. The van der Waals surface area contributed by atoms with Crippen LogP contribution in [0.15, 0.2) is 17.1 Å². The van der Waals surface area contributed by atoms with E-state index in [0.717, 1.165) is 10.8 Å². The topological polar surface area (TPSA) is 294 Å². The SMILES string of the molecule is C[C@@H]1C(O)C[C@@](OP(=O)(O)OC[C@H]2O[C@@H](n3ccc(N)nc3=O)C(O)[C@H]2O)(C(=O)O)OC1[C@H](O)[C@H](O)CO. The fourth-order valence-corrected chi connectivity index (χ4v) is 5.05. The van der Waals surface area contributed by atoms with E-state index in [2.05, 4.69) is 4.98 Å². The molecule has 38 heavy (non-hydrogen) atoms. The summed E-state index contributed by atoms with van der Waals surface area (Å²) in [5, 5.41) is 69.7. The molecule has 10 N–H and O–H groups in total. The molecule has 0 spiro atoms. The first-order valence-electron chi connectivity index (χ1n) is 11.2. The lowest BCUT2D eigenvalue weighted by Gasteiger charge is -2.45. The molecule has 216 valence electrons. The maximum absolute atomic E-state index is 12.7. The summed E-state index contributed by atoms with van der Waals surface area (Å²) >= 11 is 0. The van der Waals surface area contributed by atoms with E-state index < -0.39 is 99.8 Å². The predicted molar refractivity (Wildman–Crippen MR) is 120 cm³/mol. The number of carboxylic acid groups (broad SMARTS) is 1. The summed E-state index contributed by atoms with van der Waals surface area (Å²) in [5.74, 6) is -6.15. The van der Waals surface area contributed by atoms with Crippen molar-refractivity contribution >= 4 is 19.6 Å². The molecule has 3 heterocycles. The Morgan fingerprint density at radius 1 is 1.34 bits per heavy atom. The number of hydrogen-bond acceptors (Lipinski definition) is 15. The van der Waals surface area contributed by atoms with Crippen LogP contribution >= 0.6 is 7.82 Å². The monoisotopic (exact) mass is 571 g/mol. The molecule has 2 fully saturated rings. The molecule has 0 radical (unpaired) electrons. The third-order valence-electron chi connectivity index (χ3n) is 6.30. The number of anilines is 1. The molecule has 2 aliphatic heterocycles. The van der Waals surface area contributed by atoms with Gasteiger partial charge in [0.25, 0.3) is 5.79 Å². The lowest BCUT2D eigenvalue weighted by Crippen LogP contribution is -2.61. The quantitative estimate of drug-likeness (QED) is 0.120. The second-order valence-corrected chi connectivity index (χ2v) is 10.3. The lowest BCUT2D eigenvalue weighted by molar-refractivity contribution is -0.296. The highest BCUT2D eigenvalue weighted by atomic mass is 31.2. The first-order valence-corrected chi connectivity index (χ1v) is 12.7. The zero-order valence-electron chi connectivity index (χ0n) is 19.8. The maximum atomic E-state index is 12.7. The molecule has 2 saturated heterocycles. The van der Waals surface area contributed by atoms with Gasteiger partial charge in [0, 0.05) is 18.5 Å². The average molecular weight is 571 g/mol. The minimum atomic E-state index is -5.40. The van der Waals surface area contributed by atoms with Crippen LogP contribution in [0.4, 0.5) is 5.82 Å². The molecule has 0 aliphatic carbocycles. The number of phosphoric ester groups is 1. The Kier molecular flexibility index (Phi) is 9.29. The Morgan fingerprint density at radius 2 is 2.00 bits per heavy atom. The number of rotatable bonds is 10. The molecule has 3 rings (SSSR count). The van der Waals surface area contributed by atoms with Gasteiger partial charge in [-0.25, -0.2) is 18.7 Å². The number of nitrogens with two attached hydrogens (primary N) is 1. The van der Waals surface area contributed by atoms with Gasteiger partial charge in [-0.2, -0.15) is 4.98 Å². The molecule has 0 aromatic carbocycles. The Bertz CT molecular complexity index is 1110. The Hall–Kier alpha value is -2.06. The summed E-state index contributed by atoms with van der Waals surface area (Å²) in [5.41, 5.74) is 4.48. The van der Waals surface area contributed by atoms with Crippen molar-refractivity contribution in [2.75, 3.05) is 18.9 Å². The highest BCUT2D eigenvalue weighted by molar-refractivity contribution is 7.47. The number of carboxylic acids is 1. The summed E-state index contributed by atoms with van der Waals surface area (Å²) in [6.45, 7) is -0.559. The van der Waals surface area contributed by atoms with Gasteiger partial charge in [-0.3, -0.25) is 9.09 Å². The molecule has 0 amide bonds. The fraction of sp³-hybridized carbons (Fsp3) is 0.737. The minimum absolute atomic E-state index is 0.116. The molecule has 11 atom stereocenters. The standard InChI is InChI=1S/C19H30N3O15P/c1-7-8(24)4-19(17(29)30,36-15(7)12(26)9(25)5-23)37-38(32,33)34-6-10-13(27)14(28)16(35-10)22-3-2-11(20)21-18(22)31/h2-3,7-10,12-16,23-28H,4-6H2,1H3,(H,29,30)(H,32,33)(H2,20,21,31)/t7-,8?,9-,10-,12-,13+,14?,15?,16-,19-/m1/s1. The van der Waals surface area contributed by atoms with Gasteiger partial charge >= 0.3 is 19.5 Å². The van der Waals surface area contributed by atoms with Crippen molar-refractivity contribution in [2.45, 2.75) is 68.1 Å². The van der Waals surface area contributed by atoms with Crippen LogP contribution in [0.3, 0.4) is 0 Å². The van der Waals surface area contributed by atoms with Gasteiger partial charge in [0.05, 0.1) is 25.4 Å². The van der Waals surface area contributed by atoms with Crippen LogP contribution in [0, 0.1) is 5.92 Å². The van der Waals surface area contributed by atoms with E-state index in [1.54, 1.807) is 0 Å². The summed E-state index contributed by atoms with van der Waals surface area (Å²) in [4.78, 5) is 37.8. The summed E-state index contributed by atoms with van der Waals surface area (Å²) < 4.78 is 33.7. The third-order valence-corrected chi connectivity index (χ3v) is 7.30. The van der Waals surface area contributed by atoms with Crippen molar-refractivity contribution < 1.29 is 68.5 Å². The number of carbonyl (C=O) groups is 1. The van der Waals surface area contributed by atoms with Crippen LogP contribution in [0.25, 0.3) is 0 Å². The number of phosphoric acid groups is 1. The van der Waals surface area contributed by atoms with E-state index in [-0.39, 0.29) is 5.82 Å². The number of aliphatic carboxylic acids is 1. The van der Waals surface area contributed by atoms with Crippen LogP contribution in [0.2, 0.25) is 0 Å². The first-order chi connectivity index (χ1) is 17.6. The largest absolute Gasteiger partial charge is 0.477 e. The van der Waals surface area contributed by atoms with Crippen molar-refractivity contribution in [1.29, 1.82) is 0 Å². The predicted octanol–water partition coefficient (Wildman–Crippen LogP) is -4.14. The average Bonchev–Trinajstić information content (AvgIpc) is 3.12. The number of hydrogen-bond donors (Lipinski definition) is 9. The van der Waals surface area contributed by atoms with Crippen molar-refractivity contribution in [3.63, 3.8) is 0 Å². The van der Waals surface area contributed by atoms with Gasteiger partial charge in [0.15, 0.2) is 6.23 Å². The van der Waals surface area contributed by atoms with Crippen LogP contribution in [0.1, 0.15) is 19.6 Å². The van der Waals surface area contributed by atoms with E-state index in [9.17, 15) is 49.7 Å². The Balaban J connectivity index is 1.74. The van der Waals surface area contributed by atoms with E-state index >= 15 is 0 Å². The molecule has 19 heteroatoms. The van der Waals surface area contributed by atoms with Crippen LogP contribution in [-0.4, -0.2) is 118 Å². The van der Waals surface area contributed by atoms with Crippen LogP contribution in [0.5, 0.6) is 0 Å². The number of ether oxygens (including phenoxy) is 2. The molecule has 1 aromatic heterocycles. The van der Waals surface area contributed by atoms with Gasteiger partial charge < -0.3 is 55.8 Å². The number of nitrogen functional groups attached to an aromatic ring is 1. The van der Waals surface area contributed by atoms with Gasteiger partial charge in [-0.15, -0.1) is 0 Å². The number of aliphatic hydroxyl groups is 6. The molecule has 0 saturated carbocycles. The van der Waals surface area contributed by atoms with Gasteiger partial charge in [-0.1, -0.05) is 6.92 Å². The first kappa shape index (κ1) is 30.5. The molecule has 2 aliphatic rings.